The molecule has 246 valence electrons. The van der Waals surface area contributed by atoms with E-state index in [1.54, 1.807) is 6.92 Å². The van der Waals surface area contributed by atoms with Crippen molar-refractivity contribution < 1.29 is 9.59 Å². The molecule has 4 fully saturated rings. The maximum Gasteiger partial charge on any atom is 0.230 e. The number of fused-ring (bicyclic) bond motifs is 3. The van der Waals surface area contributed by atoms with E-state index in [-0.39, 0.29) is 34.0 Å². The Balaban J connectivity index is 1.25. The summed E-state index contributed by atoms with van der Waals surface area (Å²) in [6, 6.07) is 13.0. The van der Waals surface area contributed by atoms with Crippen molar-refractivity contribution in [3.8, 4) is 11.1 Å². The van der Waals surface area contributed by atoms with Crippen LogP contribution in [-0.4, -0.2) is 47.1 Å². The van der Waals surface area contributed by atoms with Crippen LogP contribution in [-0.2, 0) is 20.5 Å². The topological polar surface area (TPSA) is 71.3 Å². The number of hydrogen-bond acceptors (Lipinski definition) is 5. The van der Waals surface area contributed by atoms with Gasteiger partial charge in [0, 0.05) is 56.6 Å². The minimum absolute atomic E-state index is 0.0134. The number of Topliss-reactive ketones (excluding diaryl/α,β-unsaturated/α-hetero) is 1. The number of carbonyl (C=O) groups is 2. The number of amides is 1. The van der Waals surface area contributed by atoms with Gasteiger partial charge in [-0.2, -0.15) is 5.10 Å². The summed E-state index contributed by atoms with van der Waals surface area (Å²) in [4.78, 5) is 35.3. The summed E-state index contributed by atoms with van der Waals surface area (Å²) in [5, 5.41) is 4.65. The highest BCUT2D eigenvalue weighted by molar-refractivity contribution is 5.96. The third-order valence-corrected chi connectivity index (χ3v) is 11.5. The first kappa shape index (κ1) is 32.5. The molecule has 0 unspecified atom stereocenters. The Morgan fingerprint density at radius 2 is 1.61 bits per heavy atom. The summed E-state index contributed by atoms with van der Waals surface area (Å²) in [6.45, 7) is 8.93. The first-order valence-electron chi connectivity index (χ1n) is 17.5. The monoisotopic (exact) mass is 623 g/mol. The first-order chi connectivity index (χ1) is 21.9. The standard InChI is InChI=1S/C39H53N5O2/c1-28(45)22-29-10-12-30(13-11-29)36(46)43(34-9-7-8-31(23-34)32-24-41-44(26-32)37(2,3)4)27-38-16-19-39(20-17-38,21-18-38)33-14-15-35(40-25-33)42(5)6/h7-9,14-15,23-26,29-30H,10-13,16-22,27H2,1-6H3. The van der Waals surface area contributed by atoms with Crippen LogP contribution in [0.25, 0.3) is 11.1 Å². The van der Waals surface area contributed by atoms with Gasteiger partial charge in [-0.15, -0.1) is 0 Å². The lowest BCUT2D eigenvalue weighted by atomic mass is 9.52. The number of carbonyl (C=O) groups excluding carboxylic acids is 2. The van der Waals surface area contributed by atoms with Gasteiger partial charge in [0.1, 0.15) is 11.6 Å². The molecular weight excluding hydrogens is 570 g/mol. The van der Waals surface area contributed by atoms with Crippen molar-refractivity contribution in [2.75, 3.05) is 30.4 Å². The lowest BCUT2D eigenvalue weighted by Crippen LogP contribution is -2.51. The largest absolute Gasteiger partial charge is 0.363 e. The minimum Gasteiger partial charge on any atom is -0.363 e. The van der Waals surface area contributed by atoms with Gasteiger partial charge in [0.15, 0.2) is 0 Å². The summed E-state index contributed by atoms with van der Waals surface area (Å²) in [6.07, 6.45) is 17.3. The highest BCUT2D eigenvalue weighted by Gasteiger charge is 2.50. The van der Waals surface area contributed by atoms with E-state index in [2.05, 4.69) is 84.5 Å². The summed E-state index contributed by atoms with van der Waals surface area (Å²) >= 11 is 0. The van der Waals surface area contributed by atoms with Gasteiger partial charge in [0.2, 0.25) is 5.91 Å². The van der Waals surface area contributed by atoms with Gasteiger partial charge in [-0.3, -0.25) is 9.48 Å². The van der Waals surface area contributed by atoms with E-state index in [0.717, 1.165) is 93.4 Å². The molecule has 0 atom stereocenters. The van der Waals surface area contributed by atoms with E-state index in [1.807, 2.05) is 25.0 Å². The molecule has 0 radical (unpaired) electrons. The number of rotatable bonds is 9. The predicted molar refractivity (Wildman–Crippen MR) is 186 cm³/mol. The molecule has 2 bridgehead atoms. The molecule has 2 heterocycles. The molecule has 46 heavy (non-hydrogen) atoms. The Labute approximate surface area is 275 Å². The van der Waals surface area contributed by atoms with E-state index in [4.69, 9.17) is 4.98 Å². The van der Waals surface area contributed by atoms with Crippen LogP contribution in [0.5, 0.6) is 0 Å². The quantitative estimate of drug-likeness (QED) is 0.240. The van der Waals surface area contributed by atoms with Crippen molar-refractivity contribution in [1.82, 2.24) is 14.8 Å². The van der Waals surface area contributed by atoms with Crippen LogP contribution < -0.4 is 9.80 Å². The fourth-order valence-electron chi connectivity index (χ4n) is 8.46. The van der Waals surface area contributed by atoms with Crippen LogP contribution in [0.3, 0.4) is 0 Å². The van der Waals surface area contributed by atoms with Gasteiger partial charge < -0.3 is 14.6 Å². The van der Waals surface area contributed by atoms with Crippen LogP contribution in [0.4, 0.5) is 11.5 Å². The molecule has 7 rings (SSSR count). The smallest absolute Gasteiger partial charge is 0.230 e. The van der Waals surface area contributed by atoms with Gasteiger partial charge in [-0.25, -0.2) is 4.98 Å². The molecule has 0 aliphatic heterocycles. The lowest BCUT2D eigenvalue weighted by molar-refractivity contribution is -0.124. The normalized spacial score (nSPS) is 26.1. The maximum absolute atomic E-state index is 14.6. The van der Waals surface area contributed by atoms with E-state index in [1.165, 1.54) is 5.56 Å². The molecule has 1 aromatic carbocycles. The van der Waals surface area contributed by atoms with Crippen molar-refractivity contribution in [3.05, 3.63) is 60.6 Å². The van der Waals surface area contributed by atoms with Crippen molar-refractivity contribution in [2.45, 2.75) is 109 Å². The summed E-state index contributed by atoms with van der Waals surface area (Å²) in [5.41, 5.74) is 4.78. The molecule has 4 aliphatic carbocycles. The SMILES string of the molecule is CC(=O)CC1CCC(C(=O)N(CC23CCC(c4ccc(N(C)C)nc4)(CC2)CC3)c2cccc(-c3cnn(C(C)(C)C)c3)c2)CC1. The Morgan fingerprint density at radius 3 is 2.17 bits per heavy atom. The molecular formula is C39H53N5O2. The maximum atomic E-state index is 14.6. The van der Waals surface area contributed by atoms with Crippen LogP contribution >= 0.6 is 0 Å². The lowest BCUT2D eigenvalue weighted by Gasteiger charge is -2.55. The molecule has 1 amide bonds. The fourth-order valence-corrected chi connectivity index (χ4v) is 8.46. The van der Waals surface area contributed by atoms with Crippen LogP contribution in [0.1, 0.15) is 104 Å². The number of ketones is 1. The van der Waals surface area contributed by atoms with Crippen LogP contribution in [0, 0.1) is 17.3 Å². The van der Waals surface area contributed by atoms with Gasteiger partial charge in [-0.1, -0.05) is 18.2 Å². The van der Waals surface area contributed by atoms with Gasteiger partial charge in [0.25, 0.3) is 0 Å². The van der Waals surface area contributed by atoms with Crippen molar-refractivity contribution >= 4 is 23.2 Å². The van der Waals surface area contributed by atoms with Gasteiger partial charge in [0.05, 0.1) is 11.7 Å². The van der Waals surface area contributed by atoms with E-state index < -0.39 is 0 Å². The average Bonchev–Trinajstić information content (AvgIpc) is 3.56. The molecule has 0 spiro atoms. The second kappa shape index (κ2) is 12.6. The van der Waals surface area contributed by atoms with Crippen LogP contribution in [0.2, 0.25) is 0 Å². The Kier molecular flexibility index (Phi) is 8.90. The second-order valence-corrected chi connectivity index (χ2v) is 16.0. The Hall–Kier alpha value is -3.48. The van der Waals surface area contributed by atoms with Gasteiger partial charge >= 0.3 is 0 Å². The third-order valence-electron chi connectivity index (χ3n) is 11.5. The zero-order chi connectivity index (χ0) is 32.7. The molecule has 2 aromatic heterocycles. The Bertz CT molecular complexity index is 1520. The summed E-state index contributed by atoms with van der Waals surface area (Å²) in [5.74, 6) is 1.96. The number of benzene rings is 1. The van der Waals surface area contributed by atoms with Crippen molar-refractivity contribution in [1.29, 1.82) is 0 Å². The molecule has 4 aliphatic rings. The summed E-state index contributed by atoms with van der Waals surface area (Å²) < 4.78 is 2.01. The molecule has 0 N–H and O–H groups in total. The average molecular weight is 624 g/mol. The highest BCUT2D eigenvalue weighted by atomic mass is 16.2. The third kappa shape index (κ3) is 6.65. The van der Waals surface area contributed by atoms with Crippen LogP contribution in [0.15, 0.2) is 55.0 Å². The van der Waals surface area contributed by atoms with Crippen molar-refractivity contribution in [2.24, 2.45) is 17.3 Å². The number of nitrogens with zero attached hydrogens (tertiary/aromatic N) is 5. The molecule has 3 aromatic rings. The molecule has 7 heteroatoms. The second-order valence-electron chi connectivity index (χ2n) is 16.0. The number of pyridine rings is 1. The molecule has 7 nitrogen and oxygen atoms in total. The van der Waals surface area contributed by atoms with E-state index >= 15 is 0 Å². The highest BCUT2D eigenvalue weighted by Crippen LogP contribution is 2.58. The van der Waals surface area contributed by atoms with Crippen molar-refractivity contribution in [3.63, 3.8) is 0 Å². The number of anilines is 2. The minimum atomic E-state index is -0.0973. The Morgan fingerprint density at radius 1 is 0.913 bits per heavy atom. The first-order valence-corrected chi connectivity index (χ1v) is 17.5. The van der Waals surface area contributed by atoms with E-state index in [0.29, 0.717) is 12.3 Å². The predicted octanol–water partition coefficient (Wildman–Crippen LogP) is 8.18. The molecule has 0 saturated heterocycles. The van der Waals surface area contributed by atoms with E-state index in [9.17, 15) is 9.59 Å². The fraction of sp³-hybridized carbons (Fsp3) is 0.590. The zero-order valence-electron chi connectivity index (χ0n) is 28.9. The van der Waals surface area contributed by atoms with Gasteiger partial charge in [-0.05, 0) is 138 Å². The zero-order valence-corrected chi connectivity index (χ0v) is 28.9. The number of hydrogen-bond donors (Lipinski definition) is 0. The molecule has 4 saturated carbocycles. The summed E-state index contributed by atoms with van der Waals surface area (Å²) in [7, 11) is 4.07. The number of aromatic nitrogens is 3.